The van der Waals surface area contributed by atoms with Crippen molar-refractivity contribution in [1.82, 2.24) is 0 Å². The Morgan fingerprint density at radius 3 is 2.19 bits per heavy atom. The minimum absolute atomic E-state index is 0.0827. The van der Waals surface area contributed by atoms with Crippen LogP contribution in [-0.4, -0.2) is 17.9 Å². The predicted molar refractivity (Wildman–Crippen MR) is 97.5 cm³/mol. The van der Waals surface area contributed by atoms with E-state index in [0.717, 1.165) is 5.75 Å². The monoisotopic (exact) mass is 356 g/mol. The van der Waals surface area contributed by atoms with Crippen LogP contribution in [0.2, 0.25) is 0 Å². The van der Waals surface area contributed by atoms with Gasteiger partial charge in [0.1, 0.15) is 11.6 Å². The van der Waals surface area contributed by atoms with E-state index < -0.39 is 5.82 Å². The molecule has 2 amide bonds. The van der Waals surface area contributed by atoms with Gasteiger partial charge < -0.3 is 15.4 Å². The fourth-order valence-electron chi connectivity index (χ4n) is 2.70. The molecule has 2 atom stereocenters. The van der Waals surface area contributed by atoms with E-state index in [4.69, 9.17) is 4.74 Å². The maximum atomic E-state index is 13.2. The van der Waals surface area contributed by atoms with Crippen LogP contribution in [0.3, 0.4) is 0 Å². The Balaban J connectivity index is 1.51. The van der Waals surface area contributed by atoms with Gasteiger partial charge in [-0.2, -0.15) is 0 Å². The van der Waals surface area contributed by atoms with Crippen molar-refractivity contribution in [1.29, 1.82) is 0 Å². The molecule has 1 saturated carbocycles. The van der Waals surface area contributed by atoms with E-state index in [-0.39, 0.29) is 29.8 Å². The summed E-state index contributed by atoms with van der Waals surface area (Å²) in [5, 5.41) is 5.45. The van der Waals surface area contributed by atoms with Crippen LogP contribution < -0.4 is 15.4 Å². The number of hydrogen-bond acceptors (Lipinski definition) is 3. The van der Waals surface area contributed by atoms with Crippen LogP contribution in [0.4, 0.5) is 15.8 Å². The molecular weight excluding hydrogens is 335 g/mol. The van der Waals surface area contributed by atoms with Crippen LogP contribution in [-0.2, 0) is 9.59 Å². The largest absolute Gasteiger partial charge is 0.491 e. The number of carbonyl (C=O) groups excluding carboxylic acids is 2. The summed E-state index contributed by atoms with van der Waals surface area (Å²) in [6.45, 7) is 3.88. The molecule has 2 aromatic carbocycles. The van der Waals surface area contributed by atoms with Gasteiger partial charge in [-0.15, -0.1) is 0 Å². The molecule has 0 radical (unpaired) electrons. The minimum Gasteiger partial charge on any atom is -0.491 e. The molecular formula is C20H21FN2O3. The first-order chi connectivity index (χ1) is 12.4. The summed E-state index contributed by atoms with van der Waals surface area (Å²) in [6.07, 6.45) is 0.570. The average molecular weight is 356 g/mol. The highest BCUT2D eigenvalue weighted by atomic mass is 19.1. The number of amides is 2. The van der Waals surface area contributed by atoms with E-state index in [9.17, 15) is 14.0 Å². The first kappa shape index (κ1) is 17.9. The molecule has 0 aromatic heterocycles. The van der Waals surface area contributed by atoms with Crippen LogP contribution >= 0.6 is 0 Å². The van der Waals surface area contributed by atoms with Gasteiger partial charge in [-0.1, -0.05) is 6.07 Å². The van der Waals surface area contributed by atoms with Crippen molar-refractivity contribution in [3.63, 3.8) is 0 Å². The van der Waals surface area contributed by atoms with Crippen molar-refractivity contribution < 1.29 is 18.7 Å². The molecule has 2 unspecified atom stereocenters. The van der Waals surface area contributed by atoms with Gasteiger partial charge in [0.2, 0.25) is 11.8 Å². The van der Waals surface area contributed by atoms with Crippen molar-refractivity contribution in [2.24, 2.45) is 11.8 Å². The summed E-state index contributed by atoms with van der Waals surface area (Å²) in [6, 6.07) is 12.8. The lowest BCUT2D eigenvalue weighted by Crippen LogP contribution is -2.20. The van der Waals surface area contributed by atoms with Gasteiger partial charge in [0.05, 0.1) is 17.9 Å². The summed E-state index contributed by atoms with van der Waals surface area (Å²) in [4.78, 5) is 24.4. The Morgan fingerprint density at radius 1 is 1.00 bits per heavy atom. The maximum Gasteiger partial charge on any atom is 0.228 e. The van der Waals surface area contributed by atoms with Crippen LogP contribution in [0.15, 0.2) is 48.5 Å². The average Bonchev–Trinajstić information content (AvgIpc) is 3.37. The molecule has 0 aliphatic heterocycles. The Labute approximate surface area is 151 Å². The van der Waals surface area contributed by atoms with E-state index in [1.54, 1.807) is 30.3 Å². The van der Waals surface area contributed by atoms with Gasteiger partial charge in [0.15, 0.2) is 0 Å². The Bertz CT molecular complexity index is 805. The van der Waals surface area contributed by atoms with Crippen LogP contribution in [0.1, 0.15) is 20.3 Å². The number of anilines is 2. The van der Waals surface area contributed by atoms with Crippen molar-refractivity contribution in [3.8, 4) is 5.75 Å². The quantitative estimate of drug-likeness (QED) is 0.827. The van der Waals surface area contributed by atoms with Crippen LogP contribution in [0.25, 0.3) is 0 Å². The second-order valence-electron chi connectivity index (χ2n) is 6.63. The third kappa shape index (κ3) is 4.59. The van der Waals surface area contributed by atoms with Gasteiger partial charge in [0.25, 0.3) is 0 Å². The molecule has 3 rings (SSSR count). The zero-order valence-electron chi connectivity index (χ0n) is 14.7. The Morgan fingerprint density at radius 2 is 1.62 bits per heavy atom. The summed E-state index contributed by atoms with van der Waals surface area (Å²) in [5.74, 6) is -0.898. The number of nitrogens with one attached hydrogen (secondary N) is 2. The summed E-state index contributed by atoms with van der Waals surface area (Å²) in [5.41, 5.74) is 1.05. The van der Waals surface area contributed by atoms with Crippen LogP contribution in [0, 0.1) is 17.7 Å². The van der Waals surface area contributed by atoms with E-state index in [2.05, 4.69) is 10.6 Å². The topological polar surface area (TPSA) is 67.4 Å². The summed E-state index contributed by atoms with van der Waals surface area (Å²) >= 11 is 0. The number of carbonyl (C=O) groups is 2. The molecule has 0 spiro atoms. The summed E-state index contributed by atoms with van der Waals surface area (Å²) < 4.78 is 18.7. The maximum absolute atomic E-state index is 13.2. The predicted octanol–water partition coefficient (Wildman–Crippen LogP) is 3.83. The third-order valence-electron chi connectivity index (χ3n) is 4.05. The highest BCUT2D eigenvalue weighted by molar-refractivity contribution is 6.03. The van der Waals surface area contributed by atoms with E-state index in [0.29, 0.717) is 17.8 Å². The zero-order valence-corrected chi connectivity index (χ0v) is 14.7. The van der Waals surface area contributed by atoms with E-state index in [1.165, 1.54) is 18.2 Å². The number of hydrogen-bond donors (Lipinski definition) is 2. The fraction of sp³-hybridized carbons (Fsp3) is 0.300. The van der Waals surface area contributed by atoms with Crippen molar-refractivity contribution >= 4 is 23.2 Å². The zero-order chi connectivity index (χ0) is 18.7. The number of halogens is 1. The first-order valence-electron chi connectivity index (χ1n) is 8.56. The molecule has 2 aromatic rings. The molecule has 6 heteroatoms. The van der Waals surface area contributed by atoms with Gasteiger partial charge >= 0.3 is 0 Å². The number of benzene rings is 2. The molecule has 1 aliphatic carbocycles. The Kier molecular flexibility index (Phi) is 5.21. The van der Waals surface area contributed by atoms with Gasteiger partial charge in [0, 0.05) is 11.4 Å². The number of rotatable bonds is 6. The van der Waals surface area contributed by atoms with E-state index in [1.807, 2.05) is 13.8 Å². The highest BCUT2D eigenvalue weighted by Gasteiger charge is 2.48. The lowest BCUT2D eigenvalue weighted by Gasteiger charge is -2.10. The normalized spacial score (nSPS) is 18.3. The lowest BCUT2D eigenvalue weighted by atomic mass is 10.2. The molecule has 0 bridgehead atoms. The van der Waals surface area contributed by atoms with Gasteiger partial charge in [-0.05, 0) is 62.7 Å². The molecule has 0 heterocycles. The molecule has 1 aliphatic rings. The Hall–Kier alpha value is -2.89. The molecule has 136 valence electrons. The van der Waals surface area contributed by atoms with E-state index >= 15 is 0 Å². The SMILES string of the molecule is CC(C)Oc1ccc(NC(=O)C2CC2C(=O)Nc2cccc(F)c2)cc1. The molecule has 5 nitrogen and oxygen atoms in total. The lowest BCUT2D eigenvalue weighted by molar-refractivity contribution is -0.122. The molecule has 1 fully saturated rings. The second kappa shape index (κ2) is 7.56. The summed E-state index contributed by atoms with van der Waals surface area (Å²) in [7, 11) is 0. The molecule has 2 N–H and O–H groups in total. The number of ether oxygens (including phenoxy) is 1. The standard InChI is InChI=1S/C20H21FN2O3/c1-12(2)26-16-8-6-14(7-9-16)22-19(24)17-11-18(17)20(25)23-15-5-3-4-13(21)10-15/h3-10,12,17-18H,11H2,1-2H3,(H,22,24)(H,23,25). The van der Waals surface area contributed by atoms with Crippen molar-refractivity contribution in [2.75, 3.05) is 10.6 Å². The second-order valence-corrected chi connectivity index (χ2v) is 6.63. The van der Waals surface area contributed by atoms with Crippen LogP contribution in [0.5, 0.6) is 5.75 Å². The van der Waals surface area contributed by atoms with Crippen molar-refractivity contribution in [2.45, 2.75) is 26.4 Å². The molecule has 26 heavy (non-hydrogen) atoms. The highest BCUT2D eigenvalue weighted by Crippen LogP contribution is 2.40. The first-order valence-corrected chi connectivity index (χ1v) is 8.56. The van der Waals surface area contributed by atoms with Crippen molar-refractivity contribution in [3.05, 3.63) is 54.3 Å². The smallest absolute Gasteiger partial charge is 0.228 e. The fourth-order valence-corrected chi connectivity index (χ4v) is 2.70. The third-order valence-corrected chi connectivity index (χ3v) is 4.05. The van der Waals surface area contributed by atoms with Gasteiger partial charge in [-0.3, -0.25) is 9.59 Å². The van der Waals surface area contributed by atoms with Gasteiger partial charge in [-0.25, -0.2) is 4.39 Å². The minimum atomic E-state index is -0.419. The molecule has 0 saturated heterocycles.